The summed E-state index contributed by atoms with van der Waals surface area (Å²) in [5.41, 5.74) is -0.341. The van der Waals surface area contributed by atoms with Crippen molar-refractivity contribution in [2.24, 2.45) is 4.99 Å². The summed E-state index contributed by atoms with van der Waals surface area (Å²) < 4.78 is 90.2. The number of nitrogens with one attached hydrogen (secondary N) is 1. The predicted molar refractivity (Wildman–Crippen MR) is 101 cm³/mol. The fraction of sp³-hybridized carbons (Fsp3) is 0.250. The molecule has 0 bridgehead atoms. The van der Waals surface area contributed by atoms with Gasteiger partial charge >= 0.3 is 18.7 Å². The number of carbonyl (C=O) groups excluding carboxylic acids is 1. The van der Waals surface area contributed by atoms with E-state index in [-0.39, 0.29) is 22.8 Å². The van der Waals surface area contributed by atoms with E-state index in [4.69, 9.17) is 4.74 Å². The predicted octanol–water partition coefficient (Wildman–Crippen LogP) is 4.42. The Bertz CT molecular complexity index is 1100. The smallest absolute Gasteiger partial charge is 0.466 e. The second-order valence-electron chi connectivity index (χ2n) is 6.52. The first-order valence-corrected chi connectivity index (χ1v) is 9.09. The molecule has 0 fully saturated rings. The van der Waals surface area contributed by atoms with Crippen molar-refractivity contribution in [1.29, 1.82) is 0 Å². The molecule has 0 amide bonds. The maximum atomic E-state index is 13.1. The maximum Gasteiger partial charge on any atom is 0.573 e. The number of methoxy groups -OCH3 is 1. The molecule has 176 valence electrons. The zero-order valence-corrected chi connectivity index (χ0v) is 16.9. The number of rotatable bonds is 5. The lowest BCUT2D eigenvalue weighted by molar-refractivity contribution is -0.287. The van der Waals surface area contributed by atoms with E-state index in [1.54, 1.807) is 12.1 Å². The van der Waals surface area contributed by atoms with Gasteiger partial charge in [0.25, 0.3) is 0 Å². The van der Waals surface area contributed by atoms with E-state index in [2.05, 4.69) is 24.8 Å². The van der Waals surface area contributed by atoms with Crippen molar-refractivity contribution < 1.29 is 45.3 Å². The van der Waals surface area contributed by atoms with Crippen molar-refractivity contribution in [3.05, 3.63) is 65.1 Å². The van der Waals surface area contributed by atoms with Gasteiger partial charge in [-0.2, -0.15) is 0 Å². The van der Waals surface area contributed by atoms with Gasteiger partial charge in [-0.25, -0.2) is 4.79 Å². The Morgan fingerprint density at radius 1 is 1.00 bits per heavy atom. The van der Waals surface area contributed by atoms with Crippen LogP contribution in [-0.4, -0.2) is 36.6 Å². The first-order chi connectivity index (χ1) is 15.4. The van der Waals surface area contributed by atoms with Crippen LogP contribution in [0.15, 0.2) is 58.9 Å². The number of benzene rings is 1. The summed E-state index contributed by atoms with van der Waals surface area (Å²) in [4.78, 5) is 20.8. The molecule has 0 spiro atoms. The minimum atomic E-state index is -5.37. The minimum Gasteiger partial charge on any atom is -0.466 e. The topological polar surface area (TPSA) is 82.0 Å². The molecule has 13 heteroatoms. The van der Waals surface area contributed by atoms with E-state index < -0.39 is 41.8 Å². The van der Waals surface area contributed by atoms with Crippen LogP contribution in [0.25, 0.3) is 0 Å². The number of hydrogen-bond donors (Lipinski definition) is 1. The molecule has 2 heterocycles. The summed E-state index contributed by atoms with van der Waals surface area (Å²) in [6.07, 6.45) is -9.25. The van der Waals surface area contributed by atoms with Crippen LogP contribution in [0.5, 0.6) is 11.5 Å². The van der Waals surface area contributed by atoms with Crippen LogP contribution < -0.4 is 14.8 Å². The molecule has 1 aromatic carbocycles. The lowest BCUT2D eigenvalue weighted by atomic mass is 9.94. The Labute approximate surface area is 182 Å². The van der Waals surface area contributed by atoms with E-state index in [0.717, 1.165) is 19.2 Å². The zero-order valence-electron chi connectivity index (χ0n) is 16.9. The number of allylic oxidation sites excluding steroid dienone is 1. The third kappa shape index (κ3) is 5.73. The first kappa shape index (κ1) is 23.9. The molecule has 1 unspecified atom stereocenters. The van der Waals surface area contributed by atoms with Gasteiger partial charge in [-0.05, 0) is 25.1 Å². The Morgan fingerprint density at radius 2 is 1.70 bits per heavy atom. The van der Waals surface area contributed by atoms with Crippen LogP contribution in [0.4, 0.5) is 26.3 Å². The van der Waals surface area contributed by atoms with Crippen molar-refractivity contribution in [2.75, 3.05) is 7.11 Å². The number of hydrogen-bond acceptors (Lipinski definition) is 7. The molecule has 0 saturated carbocycles. The molecule has 0 radical (unpaired) electrons. The average Bonchev–Trinajstić information content (AvgIpc) is 2.72. The van der Waals surface area contributed by atoms with E-state index in [1.807, 2.05) is 0 Å². The van der Waals surface area contributed by atoms with Crippen LogP contribution in [0.3, 0.4) is 0 Å². The van der Waals surface area contributed by atoms with Crippen molar-refractivity contribution in [2.45, 2.75) is 25.7 Å². The Hall–Kier alpha value is -3.77. The number of carbonyl (C=O) groups is 1. The molecule has 0 saturated heterocycles. The second-order valence-corrected chi connectivity index (χ2v) is 6.52. The molecule has 1 N–H and O–H groups in total. The molecule has 3 rings (SSSR count). The molecule has 7 nitrogen and oxygen atoms in total. The fourth-order valence-electron chi connectivity index (χ4n) is 3.09. The van der Waals surface area contributed by atoms with E-state index >= 15 is 0 Å². The molecule has 1 aliphatic rings. The molecule has 33 heavy (non-hydrogen) atoms. The number of alkyl halides is 6. The highest BCUT2D eigenvalue weighted by Crippen LogP contribution is 2.45. The van der Waals surface area contributed by atoms with Gasteiger partial charge in [0.15, 0.2) is 17.3 Å². The Morgan fingerprint density at radius 3 is 2.27 bits per heavy atom. The molecular weight excluding hydrogens is 460 g/mol. The normalized spacial score (nSPS) is 16.6. The van der Waals surface area contributed by atoms with Gasteiger partial charge < -0.3 is 19.5 Å². The summed E-state index contributed by atoms with van der Waals surface area (Å²) in [5.74, 6) is -3.46. The quantitative estimate of drug-likeness (QED) is 0.510. The molecule has 1 aromatic heterocycles. The van der Waals surface area contributed by atoms with Gasteiger partial charge in [0.05, 0.1) is 12.7 Å². The Kier molecular flexibility index (Phi) is 6.51. The number of ether oxygens (including phenoxy) is 3. The van der Waals surface area contributed by atoms with Gasteiger partial charge in [0.2, 0.25) is 0 Å². The summed E-state index contributed by atoms with van der Waals surface area (Å²) >= 11 is 0. The van der Waals surface area contributed by atoms with Crippen LogP contribution in [0.1, 0.15) is 24.2 Å². The standard InChI is InChI=1S/C20H15F6N3O4/c1-10-14(18(30)31-2)15(29-17(28-10)12-7-3-4-9-27-12)11-6-5-8-13(32-19(21,22)23)16(11)33-20(24,25)26/h3-9,15H,1-2H3,(H,28,29). The van der Waals surface area contributed by atoms with Gasteiger partial charge in [0, 0.05) is 17.5 Å². The van der Waals surface area contributed by atoms with Crippen molar-refractivity contribution in [1.82, 2.24) is 10.3 Å². The molecular formula is C20H15F6N3O4. The van der Waals surface area contributed by atoms with Gasteiger partial charge in [0.1, 0.15) is 11.7 Å². The van der Waals surface area contributed by atoms with Crippen molar-refractivity contribution in [3.63, 3.8) is 0 Å². The monoisotopic (exact) mass is 475 g/mol. The third-order valence-electron chi connectivity index (χ3n) is 4.30. The fourth-order valence-corrected chi connectivity index (χ4v) is 3.09. The SMILES string of the molecule is COC(=O)C1=C(C)NC(c2ccccn2)=NC1c1cccc(OC(F)(F)F)c1OC(F)(F)F. The Balaban J connectivity index is 2.24. The average molecular weight is 475 g/mol. The summed E-state index contributed by atoms with van der Waals surface area (Å²) in [6, 6.07) is 5.93. The maximum absolute atomic E-state index is 13.1. The molecule has 1 aliphatic heterocycles. The molecule has 1 atom stereocenters. The van der Waals surface area contributed by atoms with E-state index in [1.165, 1.54) is 19.2 Å². The van der Waals surface area contributed by atoms with Gasteiger partial charge in [-0.15, -0.1) is 26.3 Å². The number of pyridine rings is 1. The van der Waals surface area contributed by atoms with Crippen LogP contribution in [0, 0.1) is 0 Å². The minimum absolute atomic E-state index is 0.0610. The molecule has 2 aromatic rings. The zero-order chi connectivity index (χ0) is 24.4. The van der Waals surface area contributed by atoms with Crippen molar-refractivity contribution >= 4 is 11.8 Å². The summed E-state index contributed by atoms with van der Waals surface area (Å²) in [5, 5.41) is 2.81. The van der Waals surface area contributed by atoms with E-state index in [0.29, 0.717) is 6.07 Å². The number of para-hydroxylation sites is 1. The summed E-state index contributed by atoms with van der Waals surface area (Å²) in [6.45, 7) is 1.43. The highest BCUT2D eigenvalue weighted by molar-refractivity contribution is 6.02. The first-order valence-electron chi connectivity index (χ1n) is 9.09. The molecule has 0 aliphatic carbocycles. The number of halogens is 6. The number of nitrogens with zero attached hydrogens (tertiary/aromatic N) is 2. The van der Waals surface area contributed by atoms with Crippen LogP contribution in [-0.2, 0) is 9.53 Å². The number of amidine groups is 1. The third-order valence-corrected chi connectivity index (χ3v) is 4.30. The summed E-state index contributed by atoms with van der Waals surface area (Å²) in [7, 11) is 1.04. The lowest BCUT2D eigenvalue weighted by Crippen LogP contribution is -2.33. The number of aromatic nitrogens is 1. The van der Waals surface area contributed by atoms with E-state index in [9.17, 15) is 31.1 Å². The largest absolute Gasteiger partial charge is 0.573 e. The number of aliphatic imine (C=N–C) groups is 1. The van der Waals surface area contributed by atoms with Gasteiger partial charge in [-0.1, -0.05) is 18.2 Å². The van der Waals surface area contributed by atoms with Gasteiger partial charge in [-0.3, -0.25) is 9.98 Å². The highest BCUT2D eigenvalue weighted by Gasteiger charge is 2.40. The lowest BCUT2D eigenvalue weighted by Gasteiger charge is -2.27. The van der Waals surface area contributed by atoms with Crippen LogP contribution in [0.2, 0.25) is 0 Å². The second kappa shape index (κ2) is 9.00. The van der Waals surface area contributed by atoms with Crippen LogP contribution >= 0.6 is 0 Å². The highest BCUT2D eigenvalue weighted by atomic mass is 19.4. The van der Waals surface area contributed by atoms with Crippen molar-refractivity contribution in [3.8, 4) is 11.5 Å². The number of esters is 1.